The molecule has 0 unspecified atom stereocenters. The summed E-state index contributed by atoms with van der Waals surface area (Å²) in [5, 5.41) is 3.57. The Morgan fingerprint density at radius 2 is 1.90 bits per heavy atom. The predicted octanol–water partition coefficient (Wildman–Crippen LogP) is 2.99. The molecule has 1 aromatic heterocycles. The lowest BCUT2D eigenvalue weighted by atomic mass is 10.1. The molecule has 0 fully saturated rings. The number of aromatic nitrogens is 1. The SMILES string of the molecule is COc1ccc(CCNc2cc(N)cc(Cl)n2)cc1OC. The van der Waals surface area contributed by atoms with E-state index in [0.29, 0.717) is 23.2 Å². The number of rotatable bonds is 6. The first kappa shape index (κ1) is 15.3. The topological polar surface area (TPSA) is 69.4 Å². The number of ether oxygens (including phenoxy) is 2. The van der Waals surface area contributed by atoms with Crippen LogP contribution in [0.3, 0.4) is 0 Å². The molecule has 21 heavy (non-hydrogen) atoms. The number of nitrogen functional groups attached to an aromatic ring is 1. The van der Waals surface area contributed by atoms with Crippen molar-refractivity contribution in [3.05, 3.63) is 41.0 Å². The van der Waals surface area contributed by atoms with E-state index in [9.17, 15) is 0 Å². The normalized spacial score (nSPS) is 10.2. The van der Waals surface area contributed by atoms with Crippen LogP contribution in [-0.4, -0.2) is 25.7 Å². The lowest BCUT2D eigenvalue weighted by molar-refractivity contribution is 0.354. The highest BCUT2D eigenvalue weighted by atomic mass is 35.5. The fourth-order valence-electron chi connectivity index (χ4n) is 1.98. The van der Waals surface area contributed by atoms with Gasteiger partial charge >= 0.3 is 0 Å². The summed E-state index contributed by atoms with van der Waals surface area (Å²) in [4.78, 5) is 4.16. The Kier molecular flexibility index (Phi) is 5.11. The van der Waals surface area contributed by atoms with Crippen LogP contribution >= 0.6 is 11.6 Å². The Balaban J connectivity index is 1.97. The van der Waals surface area contributed by atoms with E-state index < -0.39 is 0 Å². The summed E-state index contributed by atoms with van der Waals surface area (Å²) < 4.78 is 10.5. The van der Waals surface area contributed by atoms with E-state index in [1.165, 1.54) is 0 Å². The summed E-state index contributed by atoms with van der Waals surface area (Å²) in [6.07, 6.45) is 0.814. The van der Waals surface area contributed by atoms with Crippen molar-refractivity contribution < 1.29 is 9.47 Å². The second-order valence-corrected chi connectivity index (χ2v) is 4.86. The van der Waals surface area contributed by atoms with E-state index in [1.54, 1.807) is 26.4 Å². The van der Waals surface area contributed by atoms with Crippen LogP contribution in [0.1, 0.15) is 5.56 Å². The highest BCUT2D eigenvalue weighted by Crippen LogP contribution is 2.27. The lowest BCUT2D eigenvalue weighted by Gasteiger charge is -2.10. The zero-order chi connectivity index (χ0) is 15.2. The van der Waals surface area contributed by atoms with Crippen LogP contribution in [0.2, 0.25) is 5.15 Å². The number of hydrogen-bond acceptors (Lipinski definition) is 5. The molecule has 112 valence electrons. The Labute approximate surface area is 129 Å². The van der Waals surface area contributed by atoms with Gasteiger partial charge in [-0.25, -0.2) is 4.98 Å². The Bertz CT molecular complexity index is 600. The first-order valence-electron chi connectivity index (χ1n) is 6.50. The second-order valence-electron chi connectivity index (χ2n) is 4.47. The largest absolute Gasteiger partial charge is 0.493 e. The molecule has 0 aliphatic heterocycles. The van der Waals surface area contributed by atoms with Crippen molar-refractivity contribution in [3.63, 3.8) is 0 Å². The summed E-state index contributed by atoms with van der Waals surface area (Å²) in [7, 11) is 3.24. The molecule has 0 saturated carbocycles. The number of hydrogen-bond donors (Lipinski definition) is 2. The maximum absolute atomic E-state index is 5.86. The van der Waals surface area contributed by atoms with Gasteiger partial charge in [-0.15, -0.1) is 0 Å². The number of nitrogens with zero attached hydrogens (tertiary/aromatic N) is 1. The molecule has 0 saturated heterocycles. The Morgan fingerprint density at radius 1 is 1.14 bits per heavy atom. The van der Waals surface area contributed by atoms with Gasteiger partial charge in [0.1, 0.15) is 11.0 Å². The number of nitrogens with two attached hydrogens (primary N) is 1. The molecule has 0 atom stereocenters. The first-order chi connectivity index (χ1) is 10.1. The second kappa shape index (κ2) is 7.04. The third kappa shape index (κ3) is 4.16. The van der Waals surface area contributed by atoms with Crippen LogP contribution in [0.4, 0.5) is 11.5 Å². The van der Waals surface area contributed by atoms with Crippen molar-refractivity contribution in [3.8, 4) is 11.5 Å². The fourth-order valence-corrected chi connectivity index (χ4v) is 2.20. The number of benzene rings is 1. The fraction of sp³-hybridized carbons (Fsp3) is 0.267. The van der Waals surface area contributed by atoms with Crippen molar-refractivity contribution in [2.45, 2.75) is 6.42 Å². The number of methoxy groups -OCH3 is 2. The maximum atomic E-state index is 5.86. The number of anilines is 2. The zero-order valence-electron chi connectivity index (χ0n) is 12.0. The number of halogens is 1. The van der Waals surface area contributed by atoms with Crippen LogP contribution in [0.25, 0.3) is 0 Å². The molecular formula is C15H18ClN3O2. The first-order valence-corrected chi connectivity index (χ1v) is 6.88. The van der Waals surface area contributed by atoms with Gasteiger partial charge < -0.3 is 20.5 Å². The van der Waals surface area contributed by atoms with Gasteiger partial charge in [0.25, 0.3) is 0 Å². The molecule has 1 heterocycles. The quantitative estimate of drug-likeness (QED) is 0.803. The van der Waals surface area contributed by atoms with Crippen LogP contribution in [0, 0.1) is 0 Å². The lowest BCUT2D eigenvalue weighted by Crippen LogP contribution is -2.07. The van der Waals surface area contributed by atoms with E-state index in [1.807, 2.05) is 18.2 Å². The maximum Gasteiger partial charge on any atom is 0.160 e. The molecule has 0 radical (unpaired) electrons. The van der Waals surface area contributed by atoms with E-state index in [0.717, 1.165) is 23.5 Å². The summed E-state index contributed by atoms with van der Waals surface area (Å²) in [5.41, 5.74) is 7.44. The number of nitrogens with one attached hydrogen (secondary N) is 1. The molecule has 3 N–H and O–H groups in total. The van der Waals surface area contributed by atoms with Gasteiger partial charge in [-0.2, -0.15) is 0 Å². The minimum absolute atomic E-state index is 0.378. The molecule has 2 aromatic rings. The van der Waals surface area contributed by atoms with Crippen molar-refractivity contribution >= 4 is 23.1 Å². The van der Waals surface area contributed by atoms with Crippen LogP contribution in [-0.2, 0) is 6.42 Å². The Morgan fingerprint density at radius 3 is 2.57 bits per heavy atom. The predicted molar refractivity (Wildman–Crippen MR) is 85.4 cm³/mol. The van der Waals surface area contributed by atoms with Gasteiger partial charge in [0.2, 0.25) is 0 Å². The highest BCUT2D eigenvalue weighted by molar-refractivity contribution is 6.29. The van der Waals surface area contributed by atoms with Crippen LogP contribution in [0.5, 0.6) is 11.5 Å². The summed E-state index contributed by atoms with van der Waals surface area (Å²) in [5.74, 6) is 2.11. The van der Waals surface area contributed by atoms with Crippen molar-refractivity contribution in [1.82, 2.24) is 4.98 Å². The van der Waals surface area contributed by atoms with Crippen LogP contribution < -0.4 is 20.5 Å². The molecular weight excluding hydrogens is 290 g/mol. The highest BCUT2D eigenvalue weighted by Gasteiger charge is 2.05. The molecule has 0 spiro atoms. The smallest absolute Gasteiger partial charge is 0.160 e. The van der Waals surface area contributed by atoms with E-state index in [4.69, 9.17) is 26.8 Å². The van der Waals surface area contributed by atoms with Crippen molar-refractivity contribution in [1.29, 1.82) is 0 Å². The molecule has 0 amide bonds. The monoisotopic (exact) mass is 307 g/mol. The molecule has 5 nitrogen and oxygen atoms in total. The summed E-state index contributed by atoms with van der Waals surface area (Å²) in [6.45, 7) is 0.711. The van der Waals surface area contributed by atoms with Crippen LogP contribution in [0.15, 0.2) is 30.3 Å². The van der Waals surface area contributed by atoms with Gasteiger partial charge in [0.15, 0.2) is 11.5 Å². The average molecular weight is 308 g/mol. The van der Waals surface area contributed by atoms with E-state index >= 15 is 0 Å². The van der Waals surface area contributed by atoms with Crippen molar-refractivity contribution in [2.75, 3.05) is 31.8 Å². The molecule has 1 aromatic carbocycles. The van der Waals surface area contributed by atoms with Gasteiger partial charge in [-0.3, -0.25) is 0 Å². The minimum Gasteiger partial charge on any atom is -0.493 e. The van der Waals surface area contributed by atoms with Crippen molar-refractivity contribution in [2.24, 2.45) is 0 Å². The molecule has 2 rings (SSSR count). The van der Waals surface area contributed by atoms with Gasteiger partial charge in [-0.1, -0.05) is 17.7 Å². The third-order valence-electron chi connectivity index (χ3n) is 2.98. The van der Waals surface area contributed by atoms with E-state index in [2.05, 4.69) is 10.3 Å². The van der Waals surface area contributed by atoms with Gasteiger partial charge in [0, 0.05) is 18.3 Å². The summed E-state index contributed by atoms with van der Waals surface area (Å²) in [6, 6.07) is 9.22. The molecule has 0 bridgehead atoms. The average Bonchev–Trinajstić information content (AvgIpc) is 2.46. The summed E-state index contributed by atoms with van der Waals surface area (Å²) >= 11 is 5.86. The molecule has 6 heteroatoms. The number of pyridine rings is 1. The molecule has 0 aliphatic rings. The minimum atomic E-state index is 0.378. The van der Waals surface area contributed by atoms with E-state index in [-0.39, 0.29) is 0 Å². The third-order valence-corrected chi connectivity index (χ3v) is 3.18. The standard InChI is InChI=1S/C15H18ClN3O2/c1-20-12-4-3-10(7-13(12)21-2)5-6-18-15-9-11(17)8-14(16)19-15/h3-4,7-9H,5-6H2,1-2H3,(H3,17,18,19). The molecule has 0 aliphatic carbocycles. The van der Waals surface area contributed by atoms with Gasteiger partial charge in [-0.05, 0) is 30.2 Å². The van der Waals surface area contributed by atoms with Gasteiger partial charge in [0.05, 0.1) is 14.2 Å². The Hall–Kier alpha value is -2.14. The zero-order valence-corrected chi connectivity index (χ0v) is 12.8.